The number of halogens is 1. The van der Waals surface area contributed by atoms with Gasteiger partial charge >= 0.3 is 0 Å². The van der Waals surface area contributed by atoms with Gasteiger partial charge in [0.2, 0.25) is 5.88 Å². The normalized spacial score (nSPS) is 15.4. The van der Waals surface area contributed by atoms with E-state index in [1.807, 2.05) is 49.1 Å². The van der Waals surface area contributed by atoms with E-state index >= 15 is 0 Å². The Morgan fingerprint density at radius 3 is 2.58 bits per heavy atom. The molecule has 0 unspecified atom stereocenters. The Morgan fingerprint density at radius 2 is 1.92 bits per heavy atom. The molecule has 2 aromatic rings. The van der Waals surface area contributed by atoms with Crippen LogP contribution in [0.15, 0.2) is 34.8 Å². The van der Waals surface area contributed by atoms with E-state index in [0.717, 1.165) is 23.0 Å². The second kappa shape index (κ2) is 7.30. The second-order valence-electron chi connectivity index (χ2n) is 5.98. The van der Waals surface area contributed by atoms with Crippen molar-refractivity contribution < 1.29 is 9.53 Å². The van der Waals surface area contributed by atoms with Gasteiger partial charge in [0.05, 0.1) is 5.56 Å². The van der Waals surface area contributed by atoms with Crippen LogP contribution in [-0.2, 0) is 0 Å². The van der Waals surface area contributed by atoms with Gasteiger partial charge in [-0.25, -0.2) is 4.98 Å². The minimum Gasteiger partial charge on any atom is -0.474 e. The van der Waals surface area contributed by atoms with Gasteiger partial charge in [-0.3, -0.25) is 4.79 Å². The SMILES string of the molecule is Cc1cc(OC2CCN(C(=O)c3ccccc3Br)CC2)nc(C)n1. The van der Waals surface area contributed by atoms with Gasteiger partial charge in [-0.2, -0.15) is 4.98 Å². The first-order valence-corrected chi connectivity index (χ1v) is 8.85. The average Bonchev–Trinajstić information content (AvgIpc) is 2.54. The fourth-order valence-electron chi connectivity index (χ4n) is 2.90. The monoisotopic (exact) mass is 389 g/mol. The summed E-state index contributed by atoms with van der Waals surface area (Å²) >= 11 is 3.45. The van der Waals surface area contributed by atoms with E-state index in [0.29, 0.717) is 30.4 Å². The molecule has 1 aromatic heterocycles. The lowest BCUT2D eigenvalue weighted by Gasteiger charge is -2.32. The van der Waals surface area contributed by atoms with Crippen LogP contribution >= 0.6 is 15.9 Å². The number of benzene rings is 1. The lowest BCUT2D eigenvalue weighted by Crippen LogP contribution is -2.42. The fourth-order valence-corrected chi connectivity index (χ4v) is 3.35. The highest BCUT2D eigenvalue weighted by Gasteiger charge is 2.25. The van der Waals surface area contributed by atoms with Crippen LogP contribution < -0.4 is 4.74 Å². The smallest absolute Gasteiger partial charge is 0.255 e. The van der Waals surface area contributed by atoms with Crippen molar-refractivity contribution in [2.45, 2.75) is 32.8 Å². The van der Waals surface area contributed by atoms with Crippen molar-refractivity contribution in [1.29, 1.82) is 0 Å². The number of nitrogens with zero attached hydrogens (tertiary/aromatic N) is 3. The van der Waals surface area contributed by atoms with Gasteiger partial charge in [-0.1, -0.05) is 12.1 Å². The van der Waals surface area contributed by atoms with Crippen molar-refractivity contribution in [2.24, 2.45) is 0 Å². The topological polar surface area (TPSA) is 55.3 Å². The summed E-state index contributed by atoms with van der Waals surface area (Å²) in [7, 11) is 0. The molecule has 126 valence electrons. The number of hydrogen-bond donors (Lipinski definition) is 0. The van der Waals surface area contributed by atoms with E-state index in [9.17, 15) is 4.79 Å². The van der Waals surface area contributed by atoms with Gasteiger partial charge in [-0.05, 0) is 41.9 Å². The molecule has 6 heteroatoms. The lowest BCUT2D eigenvalue weighted by atomic mass is 10.1. The van der Waals surface area contributed by atoms with Gasteiger partial charge in [0, 0.05) is 42.2 Å². The van der Waals surface area contributed by atoms with Crippen LogP contribution in [0.1, 0.15) is 34.7 Å². The molecule has 1 amide bonds. The van der Waals surface area contributed by atoms with Crippen LogP contribution in [0.3, 0.4) is 0 Å². The Labute approximate surface area is 150 Å². The van der Waals surface area contributed by atoms with E-state index in [1.165, 1.54) is 0 Å². The molecular weight excluding hydrogens is 370 g/mol. The summed E-state index contributed by atoms with van der Waals surface area (Å²) in [6.45, 7) is 5.17. The Morgan fingerprint density at radius 1 is 1.21 bits per heavy atom. The molecule has 0 N–H and O–H groups in total. The molecule has 1 aromatic carbocycles. The van der Waals surface area contributed by atoms with Crippen molar-refractivity contribution in [3.8, 4) is 5.88 Å². The third kappa shape index (κ3) is 3.93. The van der Waals surface area contributed by atoms with Crippen LogP contribution in [0.25, 0.3) is 0 Å². The first-order chi connectivity index (χ1) is 11.5. The Bertz CT molecular complexity index is 723. The van der Waals surface area contributed by atoms with E-state index < -0.39 is 0 Å². The molecule has 1 aliphatic heterocycles. The average molecular weight is 390 g/mol. The lowest BCUT2D eigenvalue weighted by molar-refractivity contribution is 0.0586. The number of aromatic nitrogens is 2. The zero-order chi connectivity index (χ0) is 17.1. The van der Waals surface area contributed by atoms with Gasteiger partial charge in [0.1, 0.15) is 11.9 Å². The number of carbonyl (C=O) groups excluding carboxylic acids is 1. The molecule has 0 aliphatic carbocycles. The second-order valence-corrected chi connectivity index (χ2v) is 6.84. The van der Waals surface area contributed by atoms with Crippen molar-refractivity contribution in [1.82, 2.24) is 14.9 Å². The molecule has 24 heavy (non-hydrogen) atoms. The quantitative estimate of drug-likeness (QED) is 0.805. The summed E-state index contributed by atoms with van der Waals surface area (Å²) < 4.78 is 6.81. The molecule has 5 nitrogen and oxygen atoms in total. The molecule has 1 saturated heterocycles. The maximum Gasteiger partial charge on any atom is 0.255 e. The van der Waals surface area contributed by atoms with Crippen molar-refractivity contribution in [3.05, 3.63) is 51.9 Å². The Kier molecular flexibility index (Phi) is 5.14. The minimum atomic E-state index is 0.0645. The Balaban J connectivity index is 1.59. The molecular formula is C18H20BrN3O2. The van der Waals surface area contributed by atoms with Crippen molar-refractivity contribution >= 4 is 21.8 Å². The molecule has 0 saturated carbocycles. The number of rotatable bonds is 3. The van der Waals surface area contributed by atoms with E-state index in [2.05, 4.69) is 25.9 Å². The van der Waals surface area contributed by atoms with Crippen LogP contribution in [-0.4, -0.2) is 40.0 Å². The number of piperidine rings is 1. The Hall–Kier alpha value is -1.95. The zero-order valence-corrected chi connectivity index (χ0v) is 15.4. The fraction of sp³-hybridized carbons (Fsp3) is 0.389. The van der Waals surface area contributed by atoms with E-state index in [1.54, 1.807) is 0 Å². The van der Waals surface area contributed by atoms with Crippen LogP contribution in [0.4, 0.5) is 0 Å². The summed E-state index contributed by atoms with van der Waals surface area (Å²) in [5.41, 5.74) is 1.61. The highest BCUT2D eigenvalue weighted by Crippen LogP contribution is 2.22. The van der Waals surface area contributed by atoms with E-state index in [4.69, 9.17) is 4.74 Å². The first kappa shape index (κ1) is 16.9. The van der Waals surface area contributed by atoms with Crippen LogP contribution in [0.5, 0.6) is 5.88 Å². The molecule has 1 fully saturated rings. The highest BCUT2D eigenvalue weighted by atomic mass is 79.9. The standard InChI is InChI=1S/C18H20BrN3O2/c1-12-11-17(21-13(2)20-12)24-14-7-9-22(10-8-14)18(23)15-5-3-4-6-16(15)19/h3-6,11,14H,7-10H2,1-2H3. The third-order valence-corrected chi connectivity index (χ3v) is 4.75. The maximum absolute atomic E-state index is 12.6. The predicted octanol–water partition coefficient (Wildman–Crippen LogP) is 3.54. The van der Waals surface area contributed by atoms with E-state index in [-0.39, 0.29) is 12.0 Å². The number of carbonyl (C=O) groups is 1. The van der Waals surface area contributed by atoms with Crippen LogP contribution in [0.2, 0.25) is 0 Å². The maximum atomic E-state index is 12.6. The highest BCUT2D eigenvalue weighted by molar-refractivity contribution is 9.10. The number of amides is 1. The third-order valence-electron chi connectivity index (χ3n) is 4.06. The number of ether oxygens (including phenoxy) is 1. The number of aryl methyl sites for hydroxylation is 2. The van der Waals surface area contributed by atoms with Gasteiger partial charge in [0.25, 0.3) is 5.91 Å². The van der Waals surface area contributed by atoms with Crippen LogP contribution in [0, 0.1) is 13.8 Å². The summed E-state index contributed by atoms with van der Waals surface area (Å²) in [4.78, 5) is 23.1. The molecule has 0 bridgehead atoms. The zero-order valence-electron chi connectivity index (χ0n) is 13.8. The molecule has 3 rings (SSSR count). The first-order valence-electron chi connectivity index (χ1n) is 8.05. The summed E-state index contributed by atoms with van der Waals surface area (Å²) in [6.07, 6.45) is 1.69. The van der Waals surface area contributed by atoms with Gasteiger partial charge < -0.3 is 9.64 Å². The molecule has 0 spiro atoms. The van der Waals surface area contributed by atoms with Crippen molar-refractivity contribution in [2.75, 3.05) is 13.1 Å². The molecule has 0 atom stereocenters. The van der Waals surface area contributed by atoms with Gasteiger partial charge in [0.15, 0.2) is 0 Å². The predicted molar refractivity (Wildman–Crippen MR) is 95.2 cm³/mol. The van der Waals surface area contributed by atoms with Crippen molar-refractivity contribution in [3.63, 3.8) is 0 Å². The summed E-state index contributed by atoms with van der Waals surface area (Å²) in [5, 5.41) is 0. The molecule has 1 aliphatic rings. The summed E-state index contributed by atoms with van der Waals surface area (Å²) in [6, 6.07) is 9.39. The van der Waals surface area contributed by atoms with Gasteiger partial charge in [-0.15, -0.1) is 0 Å². The summed E-state index contributed by atoms with van der Waals surface area (Å²) in [5.74, 6) is 1.40. The molecule has 2 heterocycles. The number of hydrogen-bond acceptors (Lipinski definition) is 4. The largest absolute Gasteiger partial charge is 0.474 e. The minimum absolute atomic E-state index is 0.0645. The molecule has 0 radical (unpaired) electrons. The number of likely N-dealkylation sites (tertiary alicyclic amines) is 1.